The highest BCUT2D eigenvalue weighted by Crippen LogP contribution is 2.39. The van der Waals surface area contributed by atoms with Gasteiger partial charge in [0.25, 0.3) is 5.69 Å². The van der Waals surface area contributed by atoms with E-state index in [2.05, 4.69) is 10.5 Å². The molecule has 4 rings (SSSR count). The predicted molar refractivity (Wildman–Crippen MR) is 135 cm³/mol. The van der Waals surface area contributed by atoms with E-state index >= 15 is 0 Å². The summed E-state index contributed by atoms with van der Waals surface area (Å²) < 4.78 is 10.6. The highest BCUT2D eigenvalue weighted by Gasteiger charge is 2.16. The van der Waals surface area contributed by atoms with Crippen molar-refractivity contribution in [2.24, 2.45) is 5.10 Å². The largest absolute Gasteiger partial charge is 0.493 e. The number of rotatable bonds is 8. The lowest BCUT2D eigenvalue weighted by Crippen LogP contribution is -1.94. The van der Waals surface area contributed by atoms with Crippen molar-refractivity contribution in [3.8, 4) is 33.2 Å². The fraction of sp³-hybridized carbons (Fsp3) is 0.120. The van der Waals surface area contributed by atoms with Crippen LogP contribution in [0.3, 0.4) is 0 Å². The number of aryl methyl sites for hydroxylation is 1. The molecule has 0 atom stereocenters. The fourth-order valence-corrected chi connectivity index (χ4v) is 4.24. The Bertz CT molecular complexity index is 1330. The zero-order valence-electron chi connectivity index (χ0n) is 18.8. The molecule has 34 heavy (non-hydrogen) atoms. The Morgan fingerprint density at radius 3 is 2.29 bits per heavy atom. The maximum absolute atomic E-state index is 11.0. The van der Waals surface area contributed by atoms with E-state index in [0.29, 0.717) is 16.6 Å². The van der Waals surface area contributed by atoms with Crippen molar-refractivity contribution < 1.29 is 14.4 Å². The van der Waals surface area contributed by atoms with Gasteiger partial charge in [-0.05, 0) is 48.4 Å². The van der Waals surface area contributed by atoms with Crippen LogP contribution in [0.5, 0.6) is 11.5 Å². The average molecular weight is 475 g/mol. The van der Waals surface area contributed by atoms with Crippen molar-refractivity contribution in [1.29, 1.82) is 0 Å². The summed E-state index contributed by atoms with van der Waals surface area (Å²) in [7, 11) is 3.17. The molecule has 0 spiro atoms. The van der Waals surface area contributed by atoms with Crippen LogP contribution in [0.2, 0.25) is 0 Å². The van der Waals surface area contributed by atoms with Crippen molar-refractivity contribution in [2.75, 3.05) is 19.6 Å². The molecule has 1 aromatic heterocycles. The number of nitro groups is 1. The molecule has 0 fully saturated rings. The Hall–Kier alpha value is -4.24. The number of hydrogen-bond acceptors (Lipinski definition) is 8. The smallest absolute Gasteiger partial charge is 0.269 e. The van der Waals surface area contributed by atoms with Gasteiger partial charge in [0.2, 0.25) is 5.13 Å². The number of hydrazone groups is 1. The van der Waals surface area contributed by atoms with Gasteiger partial charge < -0.3 is 9.47 Å². The third-order valence-corrected chi connectivity index (χ3v) is 6.08. The molecule has 0 aliphatic rings. The first kappa shape index (κ1) is 22.9. The monoisotopic (exact) mass is 474 g/mol. The average Bonchev–Trinajstić information content (AvgIpc) is 3.28. The quantitative estimate of drug-likeness (QED) is 0.187. The SMILES string of the molecule is COc1ccc(/C=N\Nc2nc(-c3ccc(C)cc3)c(-c3ccc([N+](=O)[O-])cc3)s2)cc1OC. The summed E-state index contributed by atoms with van der Waals surface area (Å²) in [6, 6.07) is 20.0. The number of benzene rings is 3. The molecule has 9 heteroatoms. The van der Waals surface area contributed by atoms with Crippen molar-refractivity contribution in [2.45, 2.75) is 6.92 Å². The molecule has 4 aromatic rings. The van der Waals surface area contributed by atoms with Crippen molar-refractivity contribution in [1.82, 2.24) is 4.98 Å². The molecule has 3 aromatic carbocycles. The van der Waals surface area contributed by atoms with Gasteiger partial charge in [-0.3, -0.25) is 15.5 Å². The summed E-state index contributed by atoms with van der Waals surface area (Å²) in [6.45, 7) is 2.03. The van der Waals surface area contributed by atoms with Gasteiger partial charge in [-0.15, -0.1) is 0 Å². The summed E-state index contributed by atoms with van der Waals surface area (Å²) in [5, 5.41) is 16.0. The highest BCUT2D eigenvalue weighted by atomic mass is 32.1. The number of hydrogen-bond donors (Lipinski definition) is 1. The first-order valence-corrected chi connectivity index (χ1v) is 11.1. The van der Waals surface area contributed by atoms with E-state index in [-0.39, 0.29) is 5.69 Å². The van der Waals surface area contributed by atoms with Gasteiger partial charge in [0, 0.05) is 17.7 Å². The van der Waals surface area contributed by atoms with E-state index in [1.165, 1.54) is 23.5 Å². The van der Waals surface area contributed by atoms with E-state index in [1.54, 1.807) is 32.6 Å². The minimum absolute atomic E-state index is 0.0445. The molecular weight excluding hydrogens is 452 g/mol. The molecule has 0 bridgehead atoms. The summed E-state index contributed by atoms with van der Waals surface area (Å²) >= 11 is 1.42. The van der Waals surface area contributed by atoms with Crippen LogP contribution < -0.4 is 14.9 Å². The molecule has 0 saturated carbocycles. The molecule has 0 radical (unpaired) electrons. The Morgan fingerprint density at radius 1 is 0.971 bits per heavy atom. The third-order valence-electron chi connectivity index (χ3n) is 5.07. The van der Waals surface area contributed by atoms with Crippen molar-refractivity contribution in [3.63, 3.8) is 0 Å². The molecule has 172 valence electrons. The molecule has 0 aliphatic carbocycles. The normalized spacial score (nSPS) is 10.9. The molecule has 0 saturated heterocycles. The van der Waals surface area contributed by atoms with Gasteiger partial charge in [0.1, 0.15) is 0 Å². The molecule has 0 unspecified atom stereocenters. The van der Waals surface area contributed by atoms with Crippen LogP contribution >= 0.6 is 11.3 Å². The van der Waals surface area contributed by atoms with Crippen LogP contribution in [0.15, 0.2) is 71.8 Å². The Labute approximate surface area is 200 Å². The summed E-state index contributed by atoms with van der Waals surface area (Å²) in [5.41, 5.74) is 7.59. The van der Waals surface area contributed by atoms with Crippen molar-refractivity contribution >= 4 is 28.4 Å². The number of ether oxygens (including phenoxy) is 2. The lowest BCUT2D eigenvalue weighted by atomic mass is 10.1. The van der Waals surface area contributed by atoms with E-state index in [1.807, 2.05) is 49.4 Å². The number of thiazole rings is 1. The van der Waals surface area contributed by atoms with Crippen LogP contribution in [0.25, 0.3) is 21.7 Å². The first-order chi connectivity index (χ1) is 16.5. The van der Waals surface area contributed by atoms with Gasteiger partial charge in [0.15, 0.2) is 11.5 Å². The van der Waals surface area contributed by atoms with Crippen LogP contribution in [0.1, 0.15) is 11.1 Å². The number of aromatic nitrogens is 1. The number of nitro benzene ring substituents is 1. The number of nitrogens with zero attached hydrogens (tertiary/aromatic N) is 3. The van der Waals surface area contributed by atoms with Crippen LogP contribution in [-0.2, 0) is 0 Å². The van der Waals surface area contributed by atoms with E-state index in [0.717, 1.165) is 32.8 Å². The summed E-state index contributed by atoms with van der Waals surface area (Å²) in [5.74, 6) is 1.26. The van der Waals surface area contributed by atoms with Crippen LogP contribution in [0, 0.1) is 17.0 Å². The van der Waals surface area contributed by atoms with Gasteiger partial charge in [-0.1, -0.05) is 41.2 Å². The molecule has 0 amide bonds. The van der Waals surface area contributed by atoms with Crippen LogP contribution in [0.4, 0.5) is 10.8 Å². The second kappa shape index (κ2) is 10.1. The molecule has 8 nitrogen and oxygen atoms in total. The fourth-order valence-electron chi connectivity index (χ4n) is 3.30. The minimum atomic E-state index is -0.410. The Kier molecular flexibility index (Phi) is 6.84. The molecular formula is C25H22N4O4S. The molecule has 0 aliphatic heterocycles. The van der Waals surface area contributed by atoms with E-state index in [4.69, 9.17) is 14.5 Å². The molecule has 1 heterocycles. The lowest BCUT2D eigenvalue weighted by Gasteiger charge is -2.07. The summed E-state index contributed by atoms with van der Waals surface area (Å²) in [6.07, 6.45) is 1.67. The van der Waals surface area contributed by atoms with Gasteiger partial charge in [-0.2, -0.15) is 5.10 Å². The Balaban J connectivity index is 1.64. The standard InChI is InChI=1S/C25H22N4O4S/c1-16-4-7-18(8-5-16)23-24(19-9-11-20(12-10-19)29(30)31)34-25(27-23)28-26-15-17-6-13-21(32-2)22(14-17)33-3/h4-15H,1-3H3,(H,27,28)/b26-15-. The third kappa shape index (κ3) is 5.05. The van der Waals surface area contributed by atoms with E-state index < -0.39 is 4.92 Å². The molecule has 1 N–H and O–H groups in total. The number of methoxy groups -OCH3 is 2. The summed E-state index contributed by atoms with van der Waals surface area (Å²) in [4.78, 5) is 16.3. The maximum Gasteiger partial charge on any atom is 0.269 e. The number of non-ortho nitro benzene ring substituents is 1. The highest BCUT2D eigenvalue weighted by molar-refractivity contribution is 7.19. The van der Waals surface area contributed by atoms with Gasteiger partial charge in [0.05, 0.1) is 35.9 Å². The van der Waals surface area contributed by atoms with Crippen molar-refractivity contribution in [3.05, 3.63) is 88.0 Å². The van der Waals surface area contributed by atoms with Gasteiger partial charge >= 0.3 is 0 Å². The zero-order valence-corrected chi connectivity index (χ0v) is 19.6. The van der Waals surface area contributed by atoms with E-state index in [9.17, 15) is 10.1 Å². The first-order valence-electron chi connectivity index (χ1n) is 10.3. The predicted octanol–water partition coefficient (Wildman–Crippen LogP) is 6.16. The Morgan fingerprint density at radius 2 is 1.65 bits per heavy atom. The van der Waals surface area contributed by atoms with Crippen LogP contribution in [-0.4, -0.2) is 30.3 Å². The van der Waals surface area contributed by atoms with Gasteiger partial charge in [-0.25, -0.2) is 4.98 Å². The number of nitrogens with one attached hydrogen (secondary N) is 1. The zero-order chi connectivity index (χ0) is 24.1. The second-order valence-electron chi connectivity index (χ2n) is 7.35. The topological polar surface area (TPSA) is 98.9 Å². The number of anilines is 1. The maximum atomic E-state index is 11.0. The second-order valence-corrected chi connectivity index (χ2v) is 8.35. The lowest BCUT2D eigenvalue weighted by molar-refractivity contribution is -0.384. The minimum Gasteiger partial charge on any atom is -0.493 e.